The summed E-state index contributed by atoms with van der Waals surface area (Å²) in [6.07, 6.45) is 0.119. The van der Waals surface area contributed by atoms with E-state index in [2.05, 4.69) is 10.6 Å². The van der Waals surface area contributed by atoms with Crippen molar-refractivity contribution in [2.75, 3.05) is 0 Å². The van der Waals surface area contributed by atoms with Crippen molar-refractivity contribution in [2.24, 2.45) is 0 Å². The number of hydrogen-bond donors (Lipinski definition) is 3. The first-order valence-electron chi connectivity index (χ1n) is 9.72. The van der Waals surface area contributed by atoms with Gasteiger partial charge >= 0.3 is 0 Å². The second-order valence-electron chi connectivity index (χ2n) is 7.32. The summed E-state index contributed by atoms with van der Waals surface area (Å²) in [5.74, 6) is -2.70. The van der Waals surface area contributed by atoms with E-state index in [1.807, 2.05) is 0 Å². The maximum atomic E-state index is 13.0. The molecule has 2 aromatic rings. The molecule has 0 saturated carbocycles. The second kappa shape index (κ2) is 8.11. The van der Waals surface area contributed by atoms with E-state index in [1.165, 1.54) is 6.07 Å². The molecule has 9 nitrogen and oxygen atoms in total. The lowest BCUT2D eigenvalue weighted by atomic mass is 10.0. The van der Waals surface area contributed by atoms with Crippen molar-refractivity contribution in [3.8, 4) is 0 Å². The Morgan fingerprint density at radius 1 is 1.06 bits per heavy atom. The van der Waals surface area contributed by atoms with E-state index < -0.39 is 29.7 Å². The van der Waals surface area contributed by atoms with Crippen LogP contribution in [0.4, 0.5) is 0 Å². The van der Waals surface area contributed by atoms with Gasteiger partial charge in [0.05, 0.1) is 17.7 Å². The molecule has 5 amide bonds. The molecule has 1 atom stereocenters. The number of piperidine rings is 1. The normalized spacial score (nSPS) is 18.1. The summed E-state index contributed by atoms with van der Waals surface area (Å²) in [5.41, 5.74) is 1.82. The fourth-order valence-corrected chi connectivity index (χ4v) is 3.77. The van der Waals surface area contributed by atoms with E-state index in [0.717, 1.165) is 4.90 Å². The zero-order valence-corrected chi connectivity index (χ0v) is 16.4. The minimum atomic E-state index is -1.04. The molecule has 2 heterocycles. The second-order valence-corrected chi connectivity index (χ2v) is 7.32. The summed E-state index contributed by atoms with van der Waals surface area (Å²) in [6.45, 7) is -0.121. The van der Waals surface area contributed by atoms with Crippen LogP contribution in [0.5, 0.6) is 0 Å². The number of nitrogens with zero attached hydrogens (tertiary/aromatic N) is 1. The molecule has 1 unspecified atom stereocenters. The Labute approximate surface area is 177 Å². The summed E-state index contributed by atoms with van der Waals surface area (Å²) >= 11 is 0. The highest BCUT2D eigenvalue weighted by Gasteiger charge is 2.45. The average molecular weight is 421 g/mol. The van der Waals surface area contributed by atoms with Gasteiger partial charge in [0.25, 0.3) is 17.7 Å². The van der Waals surface area contributed by atoms with Crippen molar-refractivity contribution in [3.63, 3.8) is 0 Å². The number of rotatable bonds is 5. The number of aliphatic hydroxyl groups is 1. The number of carbonyl (C=O) groups is 5. The number of aliphatic hydroxyl groups excluding tert-OH is 1. The average Bonchev–Trinajstić information content (AvgIpc) is 3.03. The molecule has 4 rings (SSSR count). The van der Waals surface area contributed by atoms with Crippen LogP contribution >= 0.6 is 0 Å². The zero-order valence-electron chi connectivity index (χ0n) is 16.4. The smallest absolute Gasteiger partial charge is 0.262 e. The Balaban J connectivity index is 1.53. The monoisotopic (exact) mass is 421 g/mol. The van der Waals surface area contributed by atoms with E-state index in [4.69, 9.17) is 5.11 Å². The molecule has 0 radical (unpaired) electrons. The number of fused-ring (bicyclic) bond motifs is 1. The van der Waals surface area contributed by atoms with Gasteiger partial charge in [-0.1, -0.05) is 24.3 Å². The zero-order chi connectivity index (χ0) is 22.1. The lowest BCUT2D eigenvalue weighted by Gasteiger charge is -2.27. The largest absolute Gasteiger partial charge is 0.392 e. The van der Waals surface area contributed by atoms with E-state index in [-0.39, 0.29) is 43.0 Å². The molecule has 3 N–H and O–H groups in total. The molecule has 0 bridgehead atoms. The number of carbonyl (C=O) groups excluding carboxylic acids is 5. The molecule has 0 spiro atoms. The maximum absolute atomic E-state index is 13.0. The SMILES string of the molecule is O=C1CCC(N2C(=O)c3cccc(CNC(=O)c4ccc(CO)cc4)c3C2=O)C(=O)N1. The number of hydrogen-bond acceptors (Lipinski definition) is 6. The lowest BCUT2D eigenvalue weighted by Crippen LogP contribution is -2.54. The highest BCUT2D eigenvalue weighted by Crippen LogP contribution is 2.29. The summed E-state index contributed by atoms with van der Waals surface area (Å²) in [6, 6.07) is 10.1. The molecule has 1 saturated heterocycles. The van der Waals surface area contributed by atoms with Gasteiger partial charge in [-0.2, -0.15) is 0 Å². The molecule has 0 aliphatic carbocycles. The summed E-state index contributed by atoms with van der Waals surface area (Å²) in [5, 5.41) is 14.0. The predicted molar refractivity (Wildman–Crippen MR) is 107 cm³/mol. The fraction of sp³-hybridized carbons (Fsp3) is 0.227. The van der Waals surface area contributed by atoms with Crippen LogP contribution in [-0.2, 0) is 22.7 Å². The van der Waals surface area contributed by atoms with Crippen LogP contribution in [0, 0.1) is 0 Å². The van der Waals surface area contributed by atoms with Gasteiger partial charge < -0.3 is 10.4 Å². The Morgan fingerprint density at radius 3 is 2.48 bits per heavy atom. The molecule has 31 heavy (non-hydrogen) atoms. The van der Waals surface area contributed by atoms with E-state index in [9.17, 15) is 24.0 Å². The van der Waals surface area contributed by atoms with Crippen molar-refractivity contribution >= 4 is 29.5 Å². The van der Waals surface area contributed by atoms with Crippen molar-refractivity contribution in [3.05, 3.63) is 70.3 Å². The van der Waals surface area contributed by atoms with Crippen LogP contribution in [0.1, 0.15) is 55.0 Å². The van der Waals surface area contributed by atoms with Gasteiger partial charge in [-0.15, -0.1) is 0 Å². The van der Waals surface area contributed by atoms with Crippen molar-refractivity contribution in [2.45, 2.75) is 32.0 Å². The Bertz CT molecular complexity index is 1110. The number of imide groups is 2. The first-order chi connectivity index (χ1) is 14.9. The van der Waals surface area contributed by atoms with Crippen LogP contribution in [0.15, 0.2) is 42.5 Å². The maximum Gasteiger partial charge on any atom is 0.262 e. The summed E-state index contributed by atoms with van der Waals surface area (Å²) in [4.78, 5) is 62.8. The molecular weight excluding hydrogens is 402 g/mol. The van der Waals surface area contributed by atoms with Gasteiger partial charge in [0.2, 0.25) is 11.8 Å². The quantitative estimate of drug-likeness (QED) is 0.603. The van der Waals surface area contributed by atoms with E-state index in [1.54, 1.807) is 36.4 Å². The molecule has 2 aliphatic heterocycles. The van der Waals surface area contributed by atoms with Crippen molar-refractivity contribution in [1.29, 1.82) is 0 Å². The Kier molecular flexibility index (Phi) is 5.35. The molecule has 158 valence electrons. The first-order valence-corrected chi connectivity index (χ1v) is 9.72. The summed E-state index contributed by atoms with van der Waals surface area (Å²) < 4.78 is 0. The van der Waals surface area contributed by atoms with Gasteiger partial charge in [0.15, 0.2) is 0 Å². The Hall–Kier alpha value is -3.85. The van der Waals surface area contributed by atoms with E-state index >= 15 is 0 Å². The van der Waals surface area contributed by atoms with Gasteiger partial charge in [-0.05, 0) is 35.7 Å². The van der Waals surface area contributed by atoms with Crippen LogP contribution in [0.3, 0.4) is 0 Å². The third-order valence-electron chi connectivity index (χ3n) is 5.39. The molecule has 9 heteroatoms. The van der Waals surface area contributed by atoms with Crippen LogP contribution in [-0.4, -0.2) is 45.6 Å². The first kappa shape index (κ1) is 20.4. The number of amides is 5. The van der Waals surface area contributed by atoms with Gasteiger partial charge in [0.1, 0.15) is 6.04 Å². The molecular formula is C22H19N3O6. The highest BCUT2D eigenvalue weighted by atomic mass is 16.3. The predicted octanol–water partition coefficient (Wildman–Crippen LogP) is 0.510. The molecule has 0 aromatic heterocycles. The Morgan fingerprint density at radius 2 is 1.81 bits per heavy atom. The fourth-order valence-electron chi connectivity index (χ4n) is 3.77. The van der Waals surface area contributed by atoms with Crippen molar-refractivity contribution < 1.29 is 29.1 Å². The van der Waals surface area contributed by atoms with Gasteiger partial charge in [-0.3, -0.25) is 34.2 Å². The minimum Gasteiger partial charge on any atom is -0.392 e. The molecule has 2 aromatic carbocycles. The third-order valence-corrected chi connectivity index (χ3v) is 5.39. The van der Waals surface area contributed by atoms with Crippen molar-refractivity contribution in [1.82, 2.24) is 15.5 Å². The molecule has 1 fully saturated rings. The molecule has 2 aliphatic rings. The van der Waals surface area contributed by atoms with Gasteiger partial charge in [0, 0.05) is 18.5 Å². The van der Waals surface area contributed by atoms with Crippen LogP contribution in [0.25, 0.3) is 0 Å². The third kappa shape index (κ3) is 3.71. The highest BCUT2D eigenvalue weighted by molar-refractivity contribution is 6.24. The lowest BCUT2D eigenvalue weighted by molar-refractivity contribution is -0.136. The van der Waals surface area contributed by atoms with Gasteiger partial charge in [-0.25, -0.2) is 0 Å². The van der Waals surface area contributed by atoms with Crippen LogP contribution in [0.2, 0.25) is 0 Å². The topological polar surface area (TPSA) is 133 Å². The van der Waals surface area contributed by atoms with E-state index in [0.29, 0.717) is 16.7 Å². The minimum absolute atomic E-state index is 0.00592. The number of nitrogens with one attached hydrogen (secondary N) is 2. The standard InChI is InChI=1S/C22H19N3O6/c26-11-12-4-6-13(7-5-12)19(28)23-10-14-2-1-3-15-18(14)22(31)25(21(15)30)16-8-9-17(27)24-20(16)29/h1-7,16,26H,8-11H2,(H,23,28)(H,24,27,29). The summed E-state index contributed by atoms with van der Waals surface area (Å²) in [7, 11) is 0. The number of benzene rings is 2. The van der Waals surface area contributed by atoms with Crippen LogP contribution < -0.4 is 10.6 Å².